The monoisotopic (exact) mass is 240 g/mol. The summed E-state index contributed by atoms with van der Waals surface area (Å²) in [5.74, 6) is 0.652. The fourth-order valence-electron chi connectivity index (χ4n) is 1.48. The molecule has 0 aliphatic rings. The minimum Gasteiger partial charge on any atom is -0.469 e. The van der Waals surface area contributed by atoms with Gasteiger partial charge in [-0.2, -0.15) is 0 Å². The highest BCUT2D eigenvalue weighted by molar-refractivity contribution is 5.95. The van der Waals surface area contributed by atoms with E-state index in [1.54, 1.807) is 19.4 Å². The van der Waals surface area contributed by atoms with Crippen molar-refractivity contribution in [3.63, 3.8) is 0 Å². The van der Waals surface area contributed by atoms with Crippen LogP contribution in [0.1, 0.15) is 23.0 Å². The molecule has 0 radical (unpaired) electrons. The maximum Gasteiger partial charge on any atom is 0.254 e. The number of carbonyl (C=O) groups excluding carboxylic acids is 1. The summed E-state index contributed by atoms with van der Waals surface area (Å²) in [4.78, 5) is 11.8. The van der Waals surface area contributed by atoms with Crippen LogP contribution in [0.25, 0.3) is 0 Å². The summed E-state index contributed by atoms with van der Waals surface area (Å²) in [6, 6.07) is 1.70. The van der Waals surface area contributed by atoms with Gasteiger partial charge >= 0.3 is 0 Å². The fraction of sp³-hybridized carbons (Fsp3) is 0.583. The van der Waals surface area contributed by atoms with E-state index < -0.39 is 0 Å². The summed E-state index contributed by atoms with van der Waals surface area (Å²) in [5, 5.41) is 5.99. The summed E-state index contributed by atoms with van der Waals surface area (Å²) in [6.07, 6.45) is 2.27. The van der Waals surface area contributed by atoms with Crippen LogP contribution in [0.15, 0.2) is 16.7 Å². The summed E-state index contributed by atoms with van der Waals surface area (Å²) < 4.78 is 10.1. The Kier molecular flexibility index (Phi) is 6.35. The molecule has 1 aromatic heterocycles. The van der Waals surface area contributed by atoms with Crippen LogP contribution in [-0.2, 0) is 11.2 Å². The van der Waals surface area contributed by atoms with Gasteiger partial charge in [-0.05, 0) is 6.07 Å². The van der Waals surface area contributed by atoms with Gasteiger partial charge < -0.3 is 19.8 Å². The number of nitrogens with one attached hydrogen (secondary N) is 2. The standard InChI is InChI=1S/C12H20N2O3/c1-3-11-10(4-8-17-11)12(15)14-6-5-13-7-9-16-2/h4,8,13H,3,5-7,9H2,1-2H3,(H,14,15). The number of furan rings is 1. The number of methoxy groups -OCH3 is 1. The first-order valence-electron chi connectivity index (χ1n) is 5.83. The normalized spacial score (nSPS) is 10.5. The molecular formula is C12H20N2O3. The smallest absolute Gasteiger partial charge is 0.254 e. The molecule has 0 bridgehead atoms. The minimum atomic E-state index is -0.0795. The van der Waals surface area contributed by atoms with Crippen molar-refractivity contribution < 1.29 is 13.9 Å². The molecule has 0 aromatic carbocycles. The first-order valence-corrected chi connectivity index (χ1v) is 5.83. The molecule has 0 aliphatic heterocycles. The van der Waals surface area contributed by atoms with Crippen molar-refractivity contribution >= 4 is 5.91 Å². The van der Waals surface area contributed by atoms with Crippen LogP contribution in [0.5, 0.6) is 0 Å². The second kappa shape index (κ2) is 7.86. The van der Waals surface area contributed by atoms with Crippen molar-refractivity contribution in [3.8, 4) is 0 Å². The van der Waals surface area contributed by atoms with E-state index in [2.05, 4.69) is 10.6 Å². The first-order chi connectivity index (χ1) is 8.29. The zero-order valence-corrected chi connectivity index (χ0v) is 10.4. The van der Waals surface area contributed by atoms with Crippen molar-refractivity contribution in [1.82, 2.24) is 10.6 Å². The molecule has 0 saturated heterocycles. The van der Waals surface area contributed by atoms with Gasteiger partial charge in [0, 0.05) is 33.2 Å². The van der Waals surface area contributed by atoms with E-state index >= 15 is 0 Å². The molecule has 0 atom stereocenters. The van der Waals surface area contributed by atoms with Crippen LogP contribution in [0.4, 0.5) is 0 Å². The lowest BCUT2D eigenvalue weighted by Crippen LogP contribution is -2.33. The number of amides is 1. The number of ether oxygens (including phenoxy) is 1. The van der Waals surface area contributed by atoms with Gasteiger partial charge in [0.2, 0.25) is 0 Å². The Morgan fingerprint density at radius 1 is 1.41 bits per heavy atom. The van der Waals surface area contributed by atoms with Crippen LogP contribution < -0.4 is 10.6 Å². The van der Waals surface area contributed by atoms with Crippen LogP contribution in [0.2, 0.25) is 0 Å². The zero-order chi connectivity index (χ0) is 12.5. The van der Waals surface area contributed by atoms with Gasteiger partial charge in [0.25, 0.3) is 5.91 Å². The number of hydrogen-bond acceptors (Lipinski definition) is 4. The quantitative estimate of drug-likeness (QED) is 0.660. The van der Waals surface area contributed by atoms with Gasteiger partial charge in [-0.25, -0.2) is 0 Å². The lowest BCUT2D eigenvalue weighted by atomic mass is 10.2. The Labute approximate surface area is 102 Å². The summed E-state index contributed by atoms with van der Waals surface area (Å²) in [5.41, 5.74) is 0.629. The number of carbonyl (C=O) groups is 1. The Morgan fingerprint density at radius 2 is 2.24 bits per heavy atom. The average molecular weight is 240 g/mol. The zero-order valence-electron chi connectivity index (χ0n) is 10.4. The third kappa shape index (κ3) is 4.58. The molecule has 2 N–H and O–H groups in total. The molecule has 0 fully saturated rings. The van der Waals surface area contributed by atoms with Crippen LogP contribution >= 0.6 is 0 Å². The molecule has 0 spiro atoms. The molecule has 0 saturated carbocycles. The van der Waals surface area contributed by atoms with E-state index in [-0.39, 0.29) is 5.91 Å². The van der Waals surface area contributed by atoms with E-state index in [4.69, 9.17) is 9.15 Å². The van der Waals surface area contributed by atoms with Crippen molar-refractivity contribution in [2.75, 3.05) is 33.4 Å². The molecule has 17 heavy (non-hydrogen) atoms. The van der Waals surface area contributed by atoms with Crippen LogP contribution in [-0.4, -0.2) is 39.3 Å². The highest BCUT2D eigenvalue weighted by Gasteiger charge is 2.11. The molecule has 1 aromatic rings. The van der Waals surface area contributed by atoms with E-state index in [9.17, 15) is 4.79 Å². The molecule has 5 heteroatoms. The number of hydrogen-bond donors (Lipinski definition) is 2. The SMILES string of the molecule is CCc1occc1C(=O)NCCNCCOC. The highest BCUT2D eigenvalue weighted by atomic mass is 16.5. The molecule has 0 aliphatic carbocycles. The Balaban J connectivity index is 2.21. The largest absolute Gasteiger partial charge is 0.469 e. The Hall–Kier alpha value is -1.33. The maximum absolute atomic E-state index is 11.8. The lowest BCUT2D eigenvalue weighted by molar-refractivity contribution is 0.0951. The van der Waals surface area contributed by atoms with Crippen LogP contribution in [0, 0.1) is 0 Å². The van der Waals surface area contributed by atoms with Crippen molar-refractivity contribution in [1.29, 1.82) is 0 Å². The predicted octanol–water partition coefficient (Wildman–Crippen LogP) is 0.808. The third-order valence-corrected chi connectivity index (χ3v) is 2.38. The van der Waals surface area contributed by atoms with Crippen molar-refractivity contribution in [2.45, 2.75) is 13.3 Å². The van der Waals surface area contributed by atoms with Gasteiger partial charge in [-0.15, -0.1) is 0 Å². The molecule has 1 heterocycles. The van der Waals surface area contributed by atoms with Crippen LogP contribution in [0.3, 0.4) is 0 Å². The second-order valence-electron chi connectivity index (χ2n) is 3.61. The van der Waals surface area contributed by atoms with Gasteiger partial charge in [0.1, 0.15) is 5.76 Å². The van der Waals surface area contributed by atoms with Crippen molar-refractivity contribution in [2.24, 2.45) is 0 Å². The van der Waals surface area contributed by atoms with Gasteiger partial charge in [0.15, 0.2) is 0 Å². The molecule has 96 valence electrons. The van der Waals surface area contributed by atoms with E-state index in [1.807, 2.05) is 6.92 Å². The topological polar surface area (TPSA) is 63.5 Å². The molecule has 5 nitrogen and oxygen atoms in total. The summed E-state index contributed by atoms with van der Waals surface area (Å²) in [6.45, 7) is 4.75. The van der Waals surface area contributed by atoms with E-state index in [0.717, 1.165) is 25.3 Å². The number of rotatable bonds is 8. The van der Waals surface area contributed by atoms with E-state index in [0.29, 0.717) is 18.7 Å². The molecular weight excluding hydrogens is 220 g/mol. The second-order valence-corrected chi connectivity index (χ2v) is 3.61. The molecule has 1 amide bonds. The summed E-state index contributed by atoms with van der Waals surface area (Å²) >= 11 is 0. The minimum absolute atomic E-state index is 0.0795. The third-order valence-electron chi connectivity index (χ3n) is 2.38. The first kappa shape index (κ1) is 13.7. The number of aryl methyl sites for hydroxylation is 1. The molecule has 0 unspecified atom stereocenters. The molecule has 1 rings (SSSR count). The fourth-order valence-corrected chi connectivity index (χ4v) is 1.48. The lowest BCUT2D eigenvalue weighted by Gasteiger charge is -2.06. The average Bonchev–Trinajstić information content (AvgIpc) is 2.81. The Bertz CT molecular complexity index is 336. The summed E-state index contributed by atoms with van der Waals surface area (Å²) in [7, 11) is 1.66. The highest BCUT2D eigenvalue weighted by Crippen LogP contribution is 2.10. The van der Waals surface area contributed by atoms with E-state index in [1.165, 1.54) is 0 Å². The predicted molar refractivity (Wildman–Crippen MR) is 65.2 cm³/mol. The van der Waals surface area contributed by atoms with Gasteiger partial charge in [-0.3, -0.25) is 4.79 Å². The van der Waals surface area contributed by atoms with Crippen molar-refractivity contribution in [3.05, 3.63) is 23.7 Å². The Morgan fingerprint density at radius 3 is 2.94 bits per heavy atom. The van der Waals surface area contributed by atoms with Gasteiger partial charge in [0.05, 0.1) is 18.4 Å². The van der Waals surface area contributed by atoms with Gasteiger partial charge in [-0.1, -0.05) is 6.92 Å². The maximum atomic E-state index is 11.8.